The number of hydrogen-bond acceptors (Lipinski definition) is 3. The number of ether oxygens (including phenoxy) is 1. The van der Waals surface area contributed by atoms with Gasteiger partial charge in [0, 0.05) is 18.0 Å². The minimum atomic E-state index is -0.696. The van der Waals surface area contributed by atoms with Crippen LogP contribution < -0.4 is 4.74 Å². The highest BCUT2D eigenvalue weighted by Crippen LogP contribution is 2.32. The summed E-state index contributed by atoms with van der Waals surface area (Å²) >= 11 is 0. The van der Waals surface area contributed by atoms with Crippen LogP contribution in [-0.2, 0) is 5.41 Å². The monoisotopic (exact) mass is 244 g/mol. The molecule has 4 heteroatoms. The van der Waals surface area contributed by atoms with Gasteiger partial charge < -0.3 is 4.74 Å². The van der Waals surface area contributed by atoms with Gasteiger partial charge in [-0.3, -0.25) is 4.79 Å². The van der Waals surface area contributed by atoms with E-state index in [0.29, 0.717) is 5.75 Å². The van der Waals surface area contributed by atoms with Crippen molar-refractivity contribution in [3.05, 3.63) is 48.3 Å². The maximum absolute atomic E-state index is 12.4. The van der Waals surface area contributed by atoms with Gasteiger partial charge in [0.2, 0.25) is 0 Å². The first-order valence-corrected chi connectivity index (χ1v) is 5.75. The largest absolute Gasteiger partial charge is 0.496 e. The molecule has 0 N–H and O–H groups in total. The van der Waals surface area contributed by atoms with Crippen molar-refractivity contribution in [2.24, 2.45) is 0 Å². The Kier molecular flexibility index (Phi) is 3.19. The smallest absolute Gasteiger partial charge is 0.257 e. The van der Waals surface area contributed by atoms with E-state index in [1.807, 2.05) is 38.1 Å². The third-order valence-corrected chi connectivity index (χ3v) is 3.03. The number of carbonyl (C=O) groups is 1. The van der Waals surface area contributed by atoms with Crippen molar-refractivity contribution in [3.8, 4) is 5.75 Å². The molecule has 0 aliphatic carbocycles. The fraction of sp³-hybridized carbons (Fsp3) is 0.286. The van der Waals surface area contributed by atoms with E-state index in [1.54, 1.807) is 25.6 Å². The maximum Gasteiger partial charge on any atom is 0.257 e. The number of benzene rings is 1. The van der Waals surface area contributed by atoms with Gasteiger partial charge in [-0.25, -0.2) is 4.68 Å². The number of aromatic nitrogens is 2. The Morgan fingerprint density at radius 3 is 2.61 bits per heavy atom. The summed E-state index contributed by atoms with van der Waals surface area (Å²) in [4.78, 5) is 12.4. The summed E-state index contributed by atoms with van der Waals surface area (Å²) in [6.07, 6.45) is 3.25. The van der Waals surface area contributed by atoms with Gasteiger partial charge in [-0.2, -0.15) is 5.10 Å². The van der Waals surface area contributed by atoms with E-state index in [-0.39, 0.29) is 5.91 Å². The molecule has 18 heavy (non-hydrogen) atoms. The first kappa shape index (κ1) is 12.4. The molecular formula is C14H16N2O2. The first-order chi connectivity index (χ1) is 8.57. The molecule has 0 spiro atoms. The van der Waals surface area contributed by atoms with E-state index >= 15 is 0 Å². The summed E-state index contributed by atoms with van der Waals surface area (Å²) in [5, 5.41) is 3.99. The molecule has 0 saturated heterocycles. The third-order valence-electron chi connectivity index (χ3n) is 3.03. The lowest BCUT2D eigenvalue weighted by Gasteiger charge is -2.25. The zero-order valence-corrected chi connectivity index (χ0v) is 10.8. The van der Waals surface area contributed by atoms with Crippen LogP contribution in [0, 0.1) is 0 Å². The predicted molar refractivity (Wildman–Crippen MR) is 68.9 cm³/mol. The standard InChI is InChI=1S/C14H16N2O2/c1-14(2,13(17)16-10-6-9-15-16)11-7-4-5-8-12(11)18-3/h4-10H,1-3H3. The van der Waals surface area contributed by atoms with Crippen molar-refractivity contribution < 1.29 is 9.53 Å². The van der Waals surface area contributed by atoms with Crippen LogP contribution in [0.1, 0.15) is 24.2 Å². The Hall–Kier alpha value is -2.10. The summed E-state index contributed by atoms with van der Waals surface area (Å²) in [7, 11) is 1.60. The molecule has 2 rings (SSSR count). The van der Waals surface area contributed by atoms with E-state index in [4.69, 9.17) is 4.74 Å². The van der Waals surface area contributed by atoms with E-state index < -0.39 is 5.41 Å². The highest BCUT2D eigenvalue weighted by Gasteiger charge is 2.33. The fourth-order valence-electron chi connectivity index (χ4n) is 1.95. The molecule has 0 aliphatic rings. The summed E-state index contributed by atoms with van der Waals surface area (Å²) in [6.45, 7) is 3.74. The second-order valence-electron chi connectivity index (χ2n) is 4.58. The van der Waals surface area contributed by atoms with Crippen LogP contribution in [0.4, 0.5) is 0 Å². The van der Waals surface area contributed by atoms with Crippen LogP contribution in [0.15, 0.2) is 42.7 Å². The second-order valence-corrected chi connectivity index (χ2v) is 4.58. The average molecular weight is 244 g/mol. The summed E-state index contributed by atoms with van der Waals surface area (Å²) in [5.74, 6) is 0.625. The fourth-order valence-corrected chi connectivity index (χ4v) is 1.95. The molecule has 0 unspecified atom stereocenters. The quantitative estimate of drug-likeness (QED) is 0.833. The molecule has 1 aromatic carbocycles. The van der Waals surface area contributed by atoms with E-state index in [9.17, 15) is 4.79 Å². The number of hydrogen-bond donors (Lipinski definition) is 0. The van der Waals surface area contributed by atoms with Gasteiger partial charge in [-0.05, 0) is 26.0 Å². The molecule has 4 nitrogen and oxygen atoms in total. The first-order valence-electron chi connectivity index (χ1n) is 5.75. The van der Waals surface area contributed by atoms with E-state index in [1.165, 1.54) is 4.68 Å². The Morgan fingerprint density at radius 1 is 1.28 bits per heavy atom. The Labute approximate surface area is 106 Å². The zero-order valence-electron chi connectivity index (χ0n) is 10.8. The van der Waals surface area contributed by atoms with Crippen molar-refractivity contribution in [2.75, 3.05) is 7.11 Å². The molecule has 0 fully saturated rings. The van der Waals surface area contributed by atoms with Crippen molar-refractivity contribution >= 4 is 5.91 Å². The van der Waals surface area contributed by atoms with E-state index in [2.05, 4.69) is 5.10 Å². The molecule has 0 aliphatic heterocycles. The lowest BCUT2D eigenvalue weighted by molar-refractivity contribution is 0.0802. The topological polar surface area (TPSA) is 44.1 Å². The summed E-state index contributed by atoms with van der Waals surface area (Å²) in [5.41, 5.74) is 0.159. The second kappa shape index (κ2) is 4.64. The Morgan fingerprint density at radius 2 is 2.00 bits per heavy atom. The molecule has 1 heterocycles. The number of methoxy groups -OCH3 is 1. The van der Waals surface area contributed by atoms with Crippen LogP contribution in [-0.4, -0.2) is 22.8 Å². The van der Waals surface area contributed by atoms with Crippen LogP contribution in [0.25, 0.3) is 0 Å². The minimum absolute atomic E-state index is 0.0861. The van der Waals surface area contributed by atoms with Crippen molar-refractivity contribution in [2.45, 2.75) is 19.3 Å². The van der Waals surface area contributed by atoms with Gasteiger partial charge in [0.25, 0.3) is 5.91 Å². The van der Waals surface area contributed by atoms with Crippen molar-refractivity contribution in [1.29, 1.82) is 0 Å². The van der Waals surface area contributed by atoms with Crippen molar-refractivity contribution in [1.82, 2.24) is 9.78 Å². The molecule has 1 aromatic heterocycles. The third kappa shape index (κ3) is 2.01. The van der Waals surface area contributed by atoms with Gasteiger partial charge in [0.1, 0.15) is 5.75 Å². The Bertz CT molecular complexity index is 545. The number of rotatable bonds is 3. The van der Waals surface area contributed by atoms with Crippen LogP contribution in [0.2, 0.25) is 0 Å². The zero-order chi connectivity index (χ0) is 13.2. The average Bonchev–Trinajstić information content (AvgIpc) is 2.91. The Balaban J connectivity index is 2.44. The minimum Gasteiger partial charge on any atom is -0.496 e. The number of para-hydroxylation sites is 1. The number of nitrogens with zero attached hydrogens (tertiary/aromatic N) is 2. The maximum atomic E-state index is 12.4. The van der Waals surface area contributed by atoms with Crippen LogP contribution in [0.3, 0.4) is 0 Å². The normalized spacial score (nSPS) is 11.3. The van der Waals surface area contributed by atoms with Gasteiger partial charge in [0.05, 0.1) is 12.5 Å². The molecular weight excluding hydrogens is 228 g/mol. The SMILES string of the molecule is COc1ccccc1C(C)(C)C(=O)n1cccn1. The predicted octanol–water partition coefficient (Wildman–Crippen LogP) is 2.51. The van der Waals surface area contributed by atoms with Crippen molar-refractivity contribution in [3.63, 3.8) is 0 Å². The van der Waals surface area contributed by atoms with Gasteiger partial charge in [0.15, 0.2) is 0 Å². The van der Waals surface area contributed by atoms with Crippen LogP contribution in [0.5, 0.6) is 5.75 Å². The molecule has 0 saturated carbocycles. The lowest BCUT2D eigenvalue weighted by atomic mass is 9.83. The van der Waals surface area contributed by atoms with Gasteiger partial charge >= 0.3 is 0 Å². The molecule has 0 amide bonds. The molecule has 0 bridgehead atoms. The highest BCUT2D eigenvalue weighted by molar-refractivity contribution is 5.89. The van der Waals surface area contributed by atoms with E-state index in [0.717, 1.165) is 5.56 Å². The molecule has 2 aromatic rings. The van der Waals surface area contributed by atoms with Gasteiger partial charge in [-0.15, -0.1) is 0 Å². The lowest BCUT2D eigenvalue weighted by Crippen LogP contribution is -2.34. The molecule has 94 valence electrons. The number of carbonyl (C=O) groups excluding carboxylic acids is 1. The van der Waals surface area contributed by atoms with Gasteiger partial charge in [-0.1, -0.05) is 18.2 Å². The summed E-state index contributed by atoms with van der Waals surface area (Å²) < 4.78 is 6.67. The molecule has 0 atom stereocenters. The molecule has 0 radical (unpaired) electrons. The van der Waals surface area contributed by atoms with Crippen LogP contribution >= 0.6 is 0 Å². The summed E-state index contributed by atoms with van der Waals surface area (Å²) in [6, 6.07) is 9.27. The highest BCUT2D eigenvalue weighted by atomic mass is 16.5.